The third kappa shape index (κ3) is 9.58. The van der Waals surface area contributed by atoms with Crippen molar-refractivity contribution in [3.8, 4) is 0 Å². The van der Waals surface area contributed by atoms with Gasteiger partial charge in [-0.1, -0.05) is 6.08 Å². The molecule has 0 aromatic carbocycles. The largest absolute Gasteiger partial charge is 0.469 e. The number of rotatable bonds is 6. The van der Waals surface area contributed by atoms with Crippen molar-refractivity contribution >= 4 is 13.8 Å². The third-order valence-electron chi connectivity index (χ3n) is 1.16. The van der Waals surface area contributed by atoms with Crippen LogP contribution in [0.1, 0.15) is 6.92 Å². The van der Waals surface area contributed by atoms with E-state index in [4.69, 9.17) is 14.9 Å². The van der Waals surface area contributed by atoms with E-state index in [1.165, 1.54) is 6.08 Å². The second-order valence-electron chi connectivity index (χ2n) is 2.57. The van der Waals surface area contributed by atoms with Gasteiger partial charge >= 0.3 is 13.8 Å². The van der Waals surface area contributed by atoms with Crippen LogP contribution in [0.25, 0.3) is 0 Å². The fraction of sp³-hybridized carbons (Fsp3) is 0.571. The van der Waals surface area contributed by atoms with E-state index < -0.39 is 26.5 Å². The molecule has 0 rings (SSSR count). The number of carbonyl (C=O) groups is 1. The standard InChI is InChI=1S/C7H13O7P/c1-2-3-7(9)13-4-6(8)5-14-15(10,11)12/h2-3,6,8H,4-5H2,1H3,(H2,10,11,12). The highest BCUT2D eigenvalue weighted by Crippen LogP contribution is 2.35. The Morgan fingerprint density at radius 1 is 1.47 bits per heavy atom. The van der Waals surface area contributed by atoms with Crippen LogP contribution in [0.4, 0.5) is 0 Å². The molecule has 0 heterocycles. The maximum atomic E-state index is 10.7. The fourth-order valence-electron chi connectivity index (χ4n) is 0.594. The lowest BCUT2D eigenvalue weighted by Crippen LogP contribution is -2.22. The topological polar surface area (TPSA) is 113 Å². The van der Waals surface area contributed by atoms with Crippen molar-refractivity contribution < 1.29 is 33.5 Å². The van der Waals surface area contributed by atoms with Crippen LogP contribution in [-0.2, 0) is 18.6 Å². The summed E-state index contributed by atoms with van der Waals surface area (Å²) in [6.07, 6.45) is 1.34. The summed E-state index contributed by atoms with van der Waals surface area (Å²) in [4.78, 5) is 27.3. The van der Waals surface area contributed by atoms with Gasteiger partial charge in [0.05, 0.1) is 6.61 Å². The summed E-state index contributed by atoms with van der Waals surface area (Å²) in [6.45, 7) is 0.630. The van der Waals surface area contributed by atoms with Crippen LogP contribution in [0.2, 0.25) is 0 Å². The van der Waals surface area contributed by atoms with Crippen LogP contribution in [0.5, 0.6) is 0 Å². The fourth-order valence-corrected chi connectivity index (χ4v) is 0.960. The van der Waals surface area contributed by atoms with Crippen molar-refractivity contribution in [3.63, 3.8) is 0 Å². The number of hydrogen-bond donors (Lipinski definition) is 3. The van der Waals surface area contributed by atoms with Gasteiger partial charge < -0.3 is 19.6 Å². The Labute approximate surface area is 86.6 Å². The molecule has 88 valence electrons. The molecule has 0 amide bonds. The molecule has 3 N–H and O–H groups in total. The molecule has 1 unspecified atom stereocenters. The van der Waals surface area contributed by atoms with Gasteiger partial charge in [0.25, 0.3) is 0 Å². The Morgan fingerprint density at radius 2 is 2.07 bits per heavy atom. The average Bonchev–Trinajstić information content (AvgIpc) is 2.11. The minimum Gasteiger partial charge on any atom is -0.460 e. The SMILES string of the molecule is CC=CC(=O)OCC(O)COP(=O)(O)O. The zero-order valence-corrected chi connectivity index (χ0v) is 8.96. The first-order chi connectivity index (χ1) is 6.85. The lowest BCUT2D eigenvalue weighted by atomic mass is 10.4. The minimum absolute atomic E-state index is 0.386. The van der Waals surface area contributed by atoms with Gasteiger partial charge in [0, 0.05) is 6.08 Å². The number of hydrogen-bond acceptors (Lipinski definition) is 5. The van der Waals surface area contributed by atoms with E-state index in [-0.39, 0.29) is 6.61 Å². The van der Waals surface area contributed by atoms with E-state index in [2.05, 4.69) is 9.26 Å². The number of phosphoric acid groups is 1. The summed E-state index contributed by atoms with van der Waals surface area (Å²) in [6, 6.07) is 0. The molecule has 8 heteroatoms. The van der Waals surface area contributed by atoms with Gasteiger partial charge in [0.1, 0.15) is 12.7 Å². The summed E-state index contributed by atoms with van der Waals surface area (Å²) in [5.74, 6) is -0.646. The summed E-state index contributed by atoms with van der Waals surface area (Å²) in [5, 5.41) is 9.06. The lowest BCUT2D eigenvalue weighted by molar-refractivity contribution is -0.141. The highest BCUT2D eigenvalue weighted by molar-refractivity contribution is 7.46. The maximum absolute atomic E-state index is 10.7. The van der Waals surface area contributed by atoms with Crippen LogP contribution in [0.3, 0.4) is 0 Å². The molecule has 15 heavy (non-hydrogen) atoms. The molecule has 0 radical (unpaired) electrons. The van der Waals surface area contributed by atoms with Gasteiger partial charge in [-0.15, -0.1) is 0 Å². The van der Waals surface area contributed by atoms with Crippen molar-refractivity contribution in [3.05, 3.63) is 12.2 Å². The van der Waals surface area contributed by atoms with E-state index in [0.717, 1.165) is 6.08 Å². The smallest absolute Gasteiger partial charge is 0.460 e. The maximum Gasteiger partial charge on any atom is 0.469 e. The molecule has 0 saturated heterocycles. The predicted octanol–water partition coefficient (Wildman–Crippen LogP) is -0.424. The van der Waals surface area contributed by atoms with Crippen LogP contribution in [0, 0.1) is 0 Å². The Morgan fingerprint density at radius 3 is 2.53 bits per heavy atom. The van der Waals surface area contributed by atoms with Gasteiger partial charge in [0.2, 0.25) is 0 Å². The monoisotopic (exact) mass is 240 g/mol. The van der Waals surface area contributed by atoms with Crippen LogP contribution in [-0.4, -0.2) is 40.2 Å². The molecule has 0 aliphatic carbocycles. The van der Waals surface area contributed by atoms with E-state index in [1.54, 1.807) is 6.92 Å². The molecule has 0 aromatic heterocycles. The molecule has 0 saturated carbocycles. The number of aliphatic hydroxyl groups is 1. The Kier molecular flexibility index (Phi) is 6.38. The molecule has 1 atom stereocenters. The van der Waals surface area contributed by atoms with E-state index in [0.29, 0.717) is 0 Å². The molecular formula is C7H13O7P. The molecule has 0 aromatic rings. The van der Waals surface area contributed by atoms with Crippen molar-refractivity contribution in [1.82, 2.24) is 0 Å². The first-order valence-electron chi connectivity index (χ1n) is 4.02. The van der Waals surface area contributed by atoms with Crippen LogP contribution >= 0.6 is 7.82 Å². The number of aliphatic hydroxyl groups excluding tert-OH is 1. The third-order valence-corrected chi connectivity index (χ3v) is 1.64. The Hall–Kier alpha value is -0.720. The molecular weight excluding hydrogens is 227 g/mol. The molecule has 7 nitrogen and oxygen atoms in total. The number of ether oxygens (including phenoxy) is 1. The number of allylic oxidation sites excluding steroid dienone is 1. The van der Waals surface area contributed by atoms with E-state index in [9.17, 15) is 9.36 Å². The normalized spacial score (nSPS) is 14.1. The average molecular weight is 240 g/mol. The molecule has 0 bridgehead atoms. The zero-order chi connectivity index (χ0) is 11.9. The lowest BCUT2D eigenvalue weighted by Gasteiger charge is -2.11. The highest BCUT2D eigenvalue weighted by Gasteiger charge is 2.17. The Balaban J connectivity index is 3.71. The van der Waals surface area contributed by atoms with Gasteiger partial charge in [-0.05, 0) is 6.92 Å². The summed E-state index contributed by atoms with van der Waals surface area (Å²) in [5.41, 5.74) is 0. The minimum atomic E-state index is -4.59. The molecule has 0 aliphatic rings. The summed E-state index contributed by atoms with van der Waals surface area (Å²) >= 11 is 0. The van der Waals surface area contributed by atoms with Gasteiger partial charge in [-0.3, -0.25) is 4.52 Å². The molecule has 0 spiro atoms. The van der Waals surface area contributed by atoms with Crippen molar-refractivity contribution in [2.45, 2.75) is 13.0 Å². The van der Waals surface area contributed by atoms with Gasteiger partial charge in [-0.25, -0.2) is 9.36 Å². The van der Waals surface area contributed by atoms with Crippen molar-refractivity contribution in [2.75, 3.05) is 13.2 Å². The van der Waals surface area contributed by atoms with Crippen LogP contribution in [0.15, 0.2) is 12.2 Å². The quantitative estimate of drug-likeness (QED) is 0.328. The summed E-state index contributed by atoms with van der Waals surface area (Å²) in [7, 11) is -4.59. The second kappa shape index (κ2) is 6.71. The highest BCUT2D eigenvalue weighted by atomic mass is 31.2. The van der Waals surface area contributed by atoms with E-state index >= 15 is 0 Å². The second-order valence-corrected chi connectivity index (χ2v) is 3.81. The number of phosphoric ester groups is 1. The van der Waals surface area contributed by atoms with Crippen LogP contribution < -0.4 is 0 Å². The van der Waals surface area contributed by atoms with E-state index in [1.807, 2.05) is 0 Å². The van der Waals surface area contributed by atoms with Gasteiger partial charge in [-0.2, -0.15) is 0 Å². The number of esters is 1. The first-order valence-corrected chi connectivity index (χ1v) is 5.56. The first kappa shape index (κ1) is 14.3. The zero-order valence-electron chi connectivity index (χ0n) is 8.07. The predicted molar refractivity (Wildman–Crippen MR) is 49.8 cm³/mol. The Bertz CT molecular complexity index is 269. The number of carbonyl (C=O) groups excluding carboxylic acids is 1. The van der Waals surface area contributed by atoms with Gasteiger partial charge in [0.15, 0.2) is 0 Å². The van der Waals surface area contributed by atoms with Crippen molar-refractivity contribution in [1.29, 1.82) is 0 Å². The molecule has 0 fully saturated rings. The van der Waals surface area contributed by atoms with Crippen molar-refractivity contribution in [2.24, 2.45) is 0 Å². The summed E-state index contributed by atoms with van der Waals surface area (Å²) < 4.78 is 18.7. The molecule has 0 aliphatic heterocycles.